The molecule has 0 fully saturated rings. The monoisotopic (exact) mass is 996 g/mol. The van der Waals surface area contributed by atoms with E-state index in [2.05, 4.69) is 309 Å². The van der Waals surface area contributed by atoms with E-state index in [1.807, 2.05) is 0 Å². The van der Waals surface area contributed by atoms with Crippen molar-refractivity contribution in [2.45, 2.75) is 0 Å². The summed E-state index contributed by atoms with van der Waals surface area (Å²) in [5, 5.41) is 15.1. The zero-order valence-electron chi connectivity index (χ0n) is 42.0. The van der Waals surface area contributed by atoms with E-state index in [0.717, 1.165) is 44.8 Å². The van der Waals surface area contributed by atoms with Gasteiger partial charge in [0, 0.05) is 54.5 Å². The van der Waals surface area contributed by atoms with Crippen molar-refractivity contribution < 1.29 is 0 Å². The second-order valence-electron chi connectivity index (χ2n) is 20.4. The minimum atomic E-state index is -2.86. The van der Waals surface area contributed by atoms with E-state index in [4.69, 9.17) is 0 Å². The van der Waals surface area contributed by atoms with Crippen molar-refractivity contribution in [2.24, 2.45) is 0 Å². The summed E-state index contributed by atoms with van der Waals surface area (Å²) >= 11 is 0. The first-order chi connectivity index (χ1) is 38.3. The lowest BCUT2D eigenvalue weighted by atomic mass is 10.1. The van der Waals surface area contributed by atoms with Gasteiger partial charge in [0.25, 0.3) is 0 Å². The summed E-state index contributed by atoms with van der Waals surface area (Å²) in [5.41, 5.74) is 13.9. The average Bonchev–Trinajstić information content (AvgIpc) is 4.45. The van der Waals surface area contributed by atoms with Crippen molar-refractivity contribution in [3.63, 3.8) is 0 Å². The topological polar surface area (TPSA) is 19.7 Å². The number of benzene rings is 12. The van der Waals surface area contributed by atoms with Crippen LogP contribution in [-0.2, 0) is 0 Å². The molecular formula is C72H48N4Si. The molecule has 12 aromatic carbocycles. The summed E-state index contributed by atoms with van der Waals surface area (Å²) in [6.45, 7) is 0. The molecule has 4 heterocycles. The highest BCUT2D eigenvalue weighted by Gasteiger charge is 2.41. The molecule has 77 heavy (non-hydrogen) atoms. The van der Waals surface area contributed by atoms with E-state index in [1.54, 1.807) is 0 Å². The molecule has 4 nitrogen and oxygen atoms in total. The maximum atomic E-state index is 2.56. The molecule has 0 aliphatic carbocycles. The summed E-state index contributed by atoms with van der Waals surface area (Å²) in [6.07, 6.45) is 0. The van der Waals surface area contributed by atoms with Gasteiger partial charge in [0.1, 0.15) is 0 Å². The maximum Gasteiger partial charge on any atom is 0.179 e. The van der Waals surface area contributed by atoms with E-state index >= 15 is 0 Å². The van der Waals surface area contributed by atoms with Crippen LogP contribution in [0.2, 0.25) is 0 Å². The minimum absolute atomic E-state index is 1.11. The van der Waals surface area contributed by atoms with Gasteiger partial charge in [0.15, 0.2) is 8.07 Å². The first-order valence-electron chi connectivity index (χ1n) is 26.6. The van der Waals surface area contributed by atoms with E-state index in [-0.39, 0.29) is 0 Å². The van der Waals surface area contributed by atoms with Crippen molar-refractivity contribution in [1.29, 1.82) is 0 Å². The summed E-state index contributed by atoms with van der Waals surface area (Å²) < 4.78 is 10.0. The fourth-order valence-corrected chi connectivity index (χ4v) is 18.2. The first-order valence-corrected chi connectivity index (χ1v) is 28.6. The van der Waals surface area contributed by atoms with Crippen LogP contribution in [0.25, 0.3) is 110 Å². The van der Waals surface area contributed by atoms with Crippen molar-refractivity contribution in [2.75, 3.05) is 0 Å². The largest absolute Gasteiger partial charge is 0.309 e. The van der Waals surface area contributed by atoms with Crippen molar-refractivity contribution in [3.05, 3.63) is 291 Å². The highest BCUT2D eigenvalue weighted by Crippen LogP contribution is 2.45. The van der Waals surface area contributed by atoms with E-state index in [9.17, 15) is 0 Å². The van der Waals surface area contributed by atoms with Gasteiger partial charge in [-0.1, -0.05) is 212 Å². The molecule has 0 saturated heterocycles. The Labute approximate surface area is 445 Å². The third-order valence-corrected chi connectivity index (χ3v) is 21.3. The van der Waals surface area contributed by atoms with Gasteiger partial charge in [-0.25, -0.2) is 0 Å². The quantitative estimate of drug-likeness (QED) is 0.107. The molecule has 0 radical (unpaired) electrons. The smallest absolute Gasteiger partial charge is 0.179 e. The molecule has 0 amide bonds. The molecule has 0 atom stereocenters. The summed E-state index contributed by atoms with van der Waals surface area (Å²) in [7, 11) is -2.86. The predicted molar refractivity (Wildman–Crippen MR) is 327 cm³/mol. The fraction of sp³-hybridized carbons (Fsp3) is 0. The Morgan fingerprint density at radius 1 is 0.208 bits per heavy atom. The molecule has 0 unspecified atom stereocenters. The number of rotatable bonds is 8. The Kier molecular flexibility index (Phi) is 9.62. The molecule has 16 rings (SSSR count). The Morgan fingerprint density at radius 2 is 0.558 bits per heavy atom. The molecule has 5 heteroatoms. The molecular weight excluding hydrogens is 949 g/mol. The van der Waals surface area contributed by atoms with Gasteiger partial charge < -0.3 is 18.3 Å². The zero-order valence-corrected chi connectivity index (χ0v) is 43.0. The van der Waals surface area contributed by atoms with E-state index < -0.39 is 8.07 Å². The number of hydrogen-bond acceptors (Lipinski definition) is 0. The first kappa shape index (κ1) is 43.5. The van der Waals surface area contributed by atoms with Crippen LogP contribution in [0.3, 0.4) is 0 Å². The predicted octanol–water partition coefficient (Wildman–Crippen LogP) is 15.5. The standard InChI is InChI=1S/C72H48N4Si/c1-4-24-51(25-5-1)77(52-26-6-2-7-27-52,53-28-8-3-9-29-53)54-30-22-23-49(47-54)74-67-42-21-15-36-60(67)71-69(74)45-46-70(72(71)76-65-40-19-12-33-57(65)58-34-13-20-41-66(58)76)75-64-39-18-14-35-59(64)61-48-50(43-44-68(61)75)73-62-37-16-10-31-55(62)56-32-11-17-38-63(56)73/h1-48H. The van der Waals surface area contributed by atoms with Crippen LogP contribution in [0.4, 0.5) is 0 Å². The second-order valence-corrected chi connectivity index (χ2v) is 24.2. The minimum Gasteiger partial charge on any atom is -0.309 e. The van der Waals surface area contributed by atoms with Gasteiger partial charge in [-0.15, -0.1) is 0 Å². The molecule has 4 aromatic heterocycles. The lowest BCUT2D eigenvalue weighted by Crippen LogP contribution is -2.74. The lowest BCUT2D eigenvalue weighted by Gasteiger charge is -2.34. The molecule has 0 bridgehead atoms. The molecule has 16 aromatic rings. The Hall–Kier alpha value is -9.94. The molecule has 0 spiro atoms. The van der Waals surface area contributed by atoms with Crippen LogP contribution in [0.15, 0.2) is 291 Å². The Bertz CT molecular complexity index is 4780. The van der Waals surface area contributed by atoms with Gasteiger partial charge >= 0.3 is 0 Å². The SMILES string of the molecule is c1ccc([Si](c2ccccc2)(c2ccccc2)c2cccc(-n3c4ccccc4c4c(-n5c6ccccc6c6ccccc65)c(-n5c6ccccc6c6cc(-n7c8ccccc8c8ccccc87)ccc65)ccc43)c2)cc1. The second kappa shape index (κ2) is 17.0. The highest BCUT2D eigenvalue weighted by atomic mass is 28.3. The van der Waals surface area contributed by atoms with Gasteiger partial charge in [-0.05, 0) is 99.6 Å². The summed E-state index contributed by atoms with van der Waals surface area (Å²) in [4.78, 5) is 0. The van der Waals surface area contributed by atoms with Crippen molar-refractivity contribution >= 4 is 116 Å². The third-order valence-electron chi connectivity index (χ3n) is 16.5. The zero-order chi connectivity index (χ0) is 50.6. The van der Waals surface area contributed by atoms with Crippen LogP contribution in [0.1, 0.15) is 0 Å². The molecule has 0 aliphatic heterocycles. The van der Waals surface area contributed by atoms with E-state index in [0.29, 0.717) is 0 Å². The van der Waals surface area contributed by atoms with Crippen LogP contribution < -0.4 is 20.7 Å². The number of aromatic nitrogens is 4. The molecule has 0 N–H and O–H groups in total. The van der Waals surface area contributed by atoms with Crippen molar-refractivity contribution in [1.82, 2.24) is 18.3 Å². The number of fused-ring (bicyclic) bond motifs is 12. The number of hydrogen-bond donors (Lipinski definition) is 0. The van der Waals surface area contributed by atoms with Crippen LogP contribution in [0.5, 0.6) is 0 Å². The van der Waals surface area contributed by atoms with Crippen LogP contribution in [-0.4, -0.2) is 26.3 Å². The summed E-state index contributed by atoms with van der Waals surface area (Å²) in [6, 6.07) is 109. The Morgan fingerprint density at radius 3 is 1.06 bits per heavy atom. The van der Waals surface area contributed by atoms with Gasteiger partial charge in [-0.3, -0.25) is 0 Å². The van der Waals surface area contributed by atoms with Crippen LogP contribution in [0, 0.1) is 0 Å². The van der Waals surface area contributed by atoms with Gasteiger partial charge in [-0.2, -0.15) is 0 Å². The fourth-order valence-electron chi connectivity index (χ4n) is 13.4. The van der Waals surface area contributed by atoms with Gasteiger partial charge in [0.05, 0.1) is 55.5 Å². The lowest BCUT2D eigenvalue weighted by molar-refractivity contribution is 1.10. The Balaban J connectivity index is 1.01. The summed E-state index contributed by atoms with van der Waals surface area (Å²) in [5.74, 6) is 0. The van der Waals surface area contributed by atoms with E-state index in [1.165, 1.54) is 85.9 Å². The third kappa shape index (κ3) is 6.26. The maximum absolute atomic E-state index is 2.86. The molecule has 360 valence electrons. The van der Waals surface area contributed by atoms with Crippen LogP contribution >= 0.6 is 0 Å². The normalized spacial score (nSPS) is 12.2. The molecule has 0 saturated carbocycles. The average molecular weight is 997 g/mol. The molecule has 0 aliphatic rings. The number of para-hydroxylation sites is 6. The highest BCUT2D eigenvalue weighted by molar-refractivity contribution is 7.19. The number of nitrogens with zero attached hydrogens (tertiary/aromatic N) is 4. The van der Waals surface area contributed by atoms with Gasteiger partial charge in [0.2, 0.25) is 0 Å². The van der Waals surface area contributed by atoms with Crippen molar-refractivity contribution in [3.8, 4) is 22.7 Å².